The summed E-state index contributed by atoms with van der Waals surface area (Å²) in [6, 6.07) is 16.2. The highest BCUT2D eigenvalue weighted by Crippen LogP contribution is 2.30. The summed E-state index contributed by atoms with van der Waals surface area (Å²) in [5.41, 5.74) is 4.31. The Morgan fingerprint density at radius 3 is 2.34 bits per heavy atom. The molecule has 0 saturated heterocycles. The number of benzene rings is 2. The zero-order valence-electron chi connectivity index (χ0n) is 22.0. The standard InChI is InChI=1S/C28H32N8O2/c1-4-6-7-12-23-29-26-24(27(37)35(17-5-2)28(38)34(26)3)36(23)18-19-13-15-20(16-14-19)21-10-8-9-11-22(21)25-30-32-33-31-25/h8-11,13-16H,4-7,12,17-18H2,1-3H3,(H,30,31,32,33). The van der Waals surface area contributed by atoms with Gasteiger partial charge in [0.2, 0.25) is 5.82 Å². The number of hydrogen-bond donors (Lipinski definition) is 1. The first-order valence-electron chi connectivity index (χ1n) is 13.1. The molecule has 0 amide bonds. The number of nitrogens with zero attached hydrogens (tertiary/aromatic N) is 7. The second-order valence-corrected chi connectivity index (χ2v) is 9.52. The predicted molar refractivity (Wildman–Crippen MR) is 147 cm³/mol. The van der Waals surface area contributed by atoms with Crippen LogP contribution in [0.1, 0.15) is 50.9 Å². The molecular weight excluding hydrogens is 480 g/mol. The van der Waals surface area contributed by atoms with Gasteiger partial charge < -0.3 is 4.57 Å². The Morgan fingerprint density at radius 1 is 0.895 bits per heavy atom. The molecule has 10 nitrogen and oxygen atoms in total. The molecule has 5 aromatic rings. The molecule has 0 atom stereocenters. The van der Waals surface area contributed by atoms with Gasteiger partial charge in [-0.1, -0.05) is 75.2 Å². The number of imidazole rings is 1. The number of aromatic amines is 1. The summed E-state index contributed by atoms with van der Waals surface area (Å²) in [5, 5.41) is 14.5. The Morgan fingerprint density at radius 2 is 1.66 bits per heavy atom. The third-order valence-electron chi connectivity index (χ3n) is 6.88. The van der Waals surface area contributed by atoms with E-state index in [4.69, 9.17) is 4.98 Å². The van der Waals surface area contributed by atoms with E-state index < -0.39 is 0 Å². The number of aryl methyl sites for hydroxylation is 2. The number of nitrogens with one attached hydrogen (secondary N) is 1. The van der Waals surface area contributed by atoms with Crippen LogP contribution in [0, 0.1) is 0 Å². The smallest absolute Gasteiger partial charge is 0.318 e. The van der Waals surface area contributed by atoms with Crippen molar-refractivity contribution in [2.75, 3.05) is 0 Å². The molecule has 2 aromatic carbocycles. The summed E-state index contributed by atoms with van der Waals surface area (Å²) in [7, 11) is 1.69. The molecule has 0 saturated carbocycles. The average Bonchev–Trinajstić information content (AvgIpc) is 3.60. The highest BCUT2D eigenvalue weighted by Gasteiger charge is 2.20. The van der Waals surface area contributed by atoms with Gasteiger partial charge >= 0.3 is 5.69 Å². The van der Waals surface area contributed by atoms with Crippen molar-refractivity contribution in [3.05, 3.63) is 80.8 Å². The zero-order chi connectivity index (χ0) is 26.6. The lowest BCUT2D eigenvalue weighted by atomic mass is 9.98. The van der Waals surface area contributed by atoms with Crippen molar-refractivity contribution in [1.29, 1.82) is 0 Å². The van der Waals surface area contributed by atoms with Crippen LogP contribution < -0.4 is 11.2 Å². The fourth-order valence-electron chi connectivity index (χ4n) is 4.91. The Kier molecular flexibility index (Phi) is 7.30. The topological polar surface area (TPSA) is 116 Å². The van der Waals surface area contributed by atoms with Crippen molar-refractivity contribution in [2.45, 2.75) is 59.0 Å². The molecule has 0 aliphatic rings. The molecule has 3 heterocycles. The van der Waals surface area contributed by atoms with E-state index in [2.05, 4.69) is 51.8 Å². The van der Waals surface area contributed by atoms with Gasteiger partial charge in [0.25, 0.3) is 5.56 Å². The van der Waals surface area contributed by atoms with E-state index in [9.17, 15) is 9.59 Å². The molecule has 0 fully saturated rings. The molecule has 1 N–H and O–H groups in total. The number of H-pyrrole nitrogens is 1. The van der Waals surface area contributed by atoms with Gasteiger partial charge in [0.05, 0.1) is 0 Å². The van der Waals surface area contributed by atoms with Crippen LogP contribution in [0.25, 0.3) is 33.7 Å². The van der Waals surface area contributed by atoms with E-state index in [0.29, 0.717) is 36.5 Å². The van der Waals surface area contributed by atoms with Gasteiger partial charge in [0.1, 0.15) is 5.82 Å². The summed E-state index contributed by atoms with van der Waals surface area (Å²) in [6.07, 6.45) is 4.60. The van der Waals surface area contributed by atoms with Gasteiger partial charge in [-0.2, -0.15) is 5.21 Å². The second kappa shape index (κ2) is 11.0. The van der Waals surface area contributed by atoms with Crippen molar-refractivity contribution in [1.82, 2.24) is 39.3 Å². The minimum absolute atomic E-state index is 0.273. The van der Waals surface area contributed by atoms with E-state index >= 15 is 0 Å². The summed E-state index contributed by atoms with van der Waals surface area (Å²) in [5.74, 6) is 1.38. The number of fused-ring (bicyclic) bond motifs is 1. The maximum absolute atomic E-state index is 13.5. The Hall–Kier alpha value is -4.34. The molecule has 196 valence electrons. The molecule has 0 aliphatic heterocycles. The SMILES string of the molecule is CCCCCc1nc2c(c(=O)n(CCC)c(=O)n2C)n1Cc1ccc(-c2ccccc2-c2nn[nH]n2)cc1. The first-order chi connectivity index (χ1) is 18.5. The summed E-state index contributed by atoms with van der Waals surface area (Å²) in [4.78, 5) is 31.2. The molecule has 38 heavy (non-hydrogen) atoms. The molecular formula is C28H32N8O2. The Balaban J connectivity index is 1.56. The monoisotopic (exact) mass is 512 g/mol. The summed E-state index contributed by atoms with van der Waals surface area (Å²) in [6.45, 7) is 4.99. The lowest BCUT2D eigenvalue weighted by Crippen LogP contribution is -2.39. The highest BCUT2D eigenvalue weighted by molar-refractivity contribution is 5.80. The minimum atomic E-state index is -0.321. The highest BCUT2D eigenvalue weighted by atomic mass is 16.2. The molecule has 0 aliphatic carbocycles. The molecule has 3 aromatic heterocycles. The second-order valence-electron chi connectivity index (χ2n) is 9.52. The normalized spacial score (nSPS) is 11.4. The predicted octanol–water partition coefficient (Wildman–Crippen LogP) is 3.93. The molecule has 0 spiro atoms. The molecule has 0 unspecified atom stereocenters. The number of hydrogen-bond acceptors (Lipinski definition) is 6. The van der Waals surface area contributed by atoms with E-state index in [1.165, 1.54) is 9.13 Å². The van der Waals surface area contributed by atoms with Gasteiger partial charge in [0.15, 0.2) is 11.2 Å². The third kappa shape index (κ3) is 4.69. The van der Waals surface area contributed by atoms with Gasteiger partial charge in [0, 0.05) is 32.1 Å². The summed E-state index contributed by atoms with van der Waals surface area (Å²) >= 11 is 0. The van der Waals surface area contributed by atoms with Gasteiger partial charge in [-0.3, -0.25) is 13.9 Å². The lowest BCUT2D eigenvalue weighted by Gasteiger charge is -2.12. The van der Waals surface area contributed by atoms with E-state index in [-0.39, 0.29) is 11.2 Å². The van der Waals surface area contributed by atoms with Crippen molar-refractivity contribution in [3.63, 3.8) is 0 Å². The van der Waals surface area contributed by atoms with Crippen LogP contribution in [0.3, 0.4) is 0 Å². The van der Waals surface area contributed by atoms with E-state index in [1.807, 2.05) is 35.8 Å². The fraction of sp³-hybridized carbons (Fsp3) is 0.357. The van der Waals surface area contributed by atoms with Crippen molar-refractivity contribution in [3.8, 4) is 22.5 Å². The minimum Gasteiger partial charge on any atom is -0.318 e. The molecule has 0 bridgehead atoms. The van der Waals surface area contributed by atoms with Crippen LogP contribution in [-0.4, -0.2) is 39.3 Å². The average molecular weight is 513 g/mol. The third-order valence-corrected chi connectivity index (χ3v) is 6.88. The Labute approximate surface area is 220 Å². The van der Waals surface area contributed by atoms with Gasteiger partial charge in [-0.05, 0) is 34.7 Å². The molecule has 5 rings (SSSR count). The van der Waals surface area contributed by atoms with E-state index in [1.54, 1.807) is 7.05 Å². The van der Waals surface area contributed by atoms with E-state index in [0.717, 1.165) is 53.8 Å². The van der Waals surface area contributed by atoms with Crippen molar-refractivity contribution < 1.29 is 0 Å². The Bertz CT molecular complexity index is 1660. The number of tetrazole rings is 1. The van der Waals surface area contributed by atoms with Crippen LogP contribution in [-0.2, 0) is 26.6 Å². The number of aromatic nitrogens is 8. The molecule has 0 radical (unpaired) electrons. The van der Waals surface area contributed by atoms with Crippen LogP contribution in [0.5, 0.6) is 0 Å². The van der Waals surface area contributed by atoms with Crippen molar-refractivity contribution in [2.24, 2.45) is 7.05 Å². The number of rotatable bonds is 10. The molecule has 10 heteroatoms. The van der Waals surface area contributed by atoms with Gasteiger partial charge in [-0.25, -0.2) is 9.78 Å². The fourth-order valence-corrected chi connectivity index (χ4v) is 4.91. The first kappa shape index (κ1) is 25.3. The van der Waals surface area contributed by atoms with Crippen molar-refractivity contribution >= 4 is 11.2 Å². The first-order valence-corrected chi connectivity index (χ1v) is 13.1. The lowest BCUT2D eigenvalue weighted by molar-refractivity contribution is 0.590. The quantitative estimate of drug-likeness (QED) is 0.283. The number of unbranched alkanes of at least 4 members (excludes halogenated alkanes) is 2. The van der Waals surface area contributed by atoms with Crippen LogP contribution in [0.4, 0.5) is 0 Å². The van der Waals surface area contributed by atoms with Crippen LogP contribution >= 0.6 is 0 Å². The van der Waals surface area contributed by atoms with Crippen LogP contribution in [0.15, 0.2) is 58.1 Å². The zero-order valence-corrected chi connectivity index (χ0v) is 22.0. The maximum Gasteiger partial charge on any atom is 0.332 e. The van der Waals surface area contributed by atoms with Gasteiger partial charge in [-0.15, -0.1) is 10.2 Å². The van der Waals surface area contributed by atoms with Crippen LogP contribution in [0.2, 0.25) is 0 Å². The largest absolute Gasteiger partial charge is 0.332 e. The maximum atomic E-state index is 13.5. The summed E-state index contributed by atoms with van der Waals surface area (Å²) < 4.78 is 4.83.